The van der Waals surface area contributed by atoms with Gasteiger partial charge in [0.1, 0.15) is 5.58 Å². The quantitative estimate of drug-likeness (QED) is 0.797. The highest BCUT2D eigenvalue weighted by Gasteiger charge is 2.16. The van der Waals surface area contributed by atoms with E-state index in [1.807, 2.05) is 18.2 Å². The van der Waals surface area contributed by atoms with Gasteiger partial charge in [-0.1, -0.05) is 32.9 Å². The van der Waals surface area contributed by atoms with Crippen LogP contribution in [0.15, 0.2) is 28.7 Å². The summed E-state index contributed by atoms with van der Waals surface area (Å²) in [5.41, 5.74) is 1.79. The normalized spacial score (nSPS) is 11.9. The van der Waals surface area contributed by atoms with Crippen molar-refractivity contribution in [3.63, 3.8) is 0 Å². The molecule has 3 nitrogen and oxygen atoms in total. The van der Waals surface area contributed by atoms with Crippen LogP contribution in [-0.4, -0.2) is 11.1 Å². The lowest BCUT2D eigenvalue weighted by molar-refractivity contribution is 0.0665. The van der Waals surface area contributed by atoms with Crippen molar-refractivity contribution in [3.8, 4) is 0 Å². The van der Waals surface area contributed by atoms with Gasteiger partial charge in [0, 0.05) is 5.39 Å². The largest absolute Gasteiger partial charge is 0.475 e. The Bertz CT molecular complexity index is 544. The Morgan fingerprint density at radius 1 is 1.25 bits per heavy atom. The Hall–Kier alpha value is -1.77. The van der Waals surface area contributed by atoms with Crippen LogP contribution in [0.2, 0.25) is 0 Å². The van der Waals surface area contributed by atoms with E-state index in [4.69, 9.17) is 9.52 Å². The van der Waals surface area contributed by atoms with Crippen LogP contribution in [0.25, 0.3) is 11.0 Å². The smallest absolute Gasteiger partial charge is 0.371 e. The number of fused-ring (bicyclic) bond motifs is 1. The van der Waals surface area contributed by atoms with E-state index in [0.29, 0.717) is 5.58 Å². The Morgan fingerprint density at radius 2 is 1.94 bits per heavy atom. The van der Waals surface area contributed by atoms with E-state index in [2.05, 4.69) is 20.8 Å². The third kappa shape index (κ3) is 1.81. The molecule has 3 heteroatoms. The van der Waals surface area contributed by atoms with Gasteiger partial charge in [-0.25, -0.2) is 4.79 Å². The minimum atomic E-state index is -1.03. The number of benzene rings is 1. The lowest BCUT2D eigenvalue weighted by Crippen LogP contribution is -2.10. The van der Waals surface area contributed by atoms with Crippen LogP contribution in [-0.2, 0) is 5.41 Å². The minimum absolute atomic E-state index is 0.0129. The maximum atomic E-state index is 10.8. The van der Waals surface area contributed by atoms with Crippen molar-refractivity contribution in [1.82, 2.24) is 0 Å². The summed E-state index contributed by atoms with van der Waals surface area (Å²) in [6, 6.07) is 7.35. The summed E-state index contributed by atoms with van der Waals surface area (Å²) in [6.07, 6.45) is 0. The summed E-state index contributed by atoms with van der Waals surface area (Å²) in [5.74, 6) is -1.05. The average Bonchev–Trinajstić information content (AvgIpc) is 2.58. The van der Waals surface area contributed by atoms with Crippen molar-refractivity contribution < 1.29 is 14.3 Å². The second kappa shape index (κ2) is 3.37. The lowest BCUT2D eigenvalue weighted by atomic mass is 9.87. The van der Waals surface area contributed by atoms with Gasteiger partial charge in [-0.15, -0.1) is 0 Å². The number of hydrogen-bond acceptors (Lipinski definition) is 2. The predicted molar refractivity (Wildman–Crippen MR) is 61.9 cm³/mol. The fourth-order valence-electron chi connectivity index (χ4n) is 1.60. The van der Waals surface area contributed by atoms with Crippen LogP contribution in [0.1, 0.15) is 36.9 Å². The van der Waals surface area contributed by atoms with Crippen LogP contribution in [0.3, 0.4) is 0 Å². The Balaban J connectivity index is 2.58. The number of hydrogen-bond donors (Lipinski definition) is 1. The van der Waals surface area contributed by atoms with Gasteiger partial charge in [0.2, 0.25) is 5.76 Å². The van der Waals surface area contributed by atoms with E-state index >= 15 is 0 Å². The molecule has 0 aliphatic heterocycles. The fraction of sp³-hybridized carbons (Fsp3) is 0.308. The SMILES string of the molecule is CC(C)(C)c1ccc2cc(C(=O)O)oc2c1. The highest BCUT2D eigenvalue weighted by Crippen LogP contribution is 2.27. The number of furan rings is 1. The van der Waals surface area contributed by atoms with Gasteiger partial charge in [0.25, 0.3) is 0 Å². The van der Waals surface area contributed by atoms with E-state index in [-0.39, 0.29) is 11.2 Å². The number of carboxylic acid groups (broad SMARTS) is 1. The Kier molecular flexibility index (Phi) is 2.26. The topological polar surface area (TPSA) is 50.4 Å². The molecule has 1 aromatic carbocycles. The van der Waals surface area contributed by atoms with E-state index in [9.17, 15) is 4.79 Å². The summed E-state index contributed by atoms with van der Waals surface area (Å²) in [7, 11) is 0. The molecule has 16 heavy (non-hydrogen) atoms. The first-order valence-electron chi connectivity index (χ1n) is 5.15. The maximum absolute atomic E-state index is 10.8. The first kappa shape index (κ1) is 10.7. The summed E-state index contributed by atoms with van der Waals surface area (Å²) in [5, 5.41) is 9.65. The third-order valence-corrected chi connectivity index (χ3v) is 2.60. The summed E-state index contributed by atoms with van der Waals surface area (Å²) in [6.45, 7) is 6.32. The monoisotopic (exact) mass is 218 g/mol. The second-order valence-electron chi connectivity index (χ2n) is 4.92. The molecule has 1 N–H and O–H groups in total. The molecule has 0 aliphatic carbocycles. The van der Waals surface area contributed by atoms with E-state index in [1.165, 1.54) is 0 Å². The molecule has 0 bridgehead atoms. The molecule has 2 aromatic rings. The predicted octanol–water partition coefficient (Wildman–Crippen LogP) is 3.43. The zero-order valence-corrected chi connectivity index (χ0v) is 9.57. The zero-order valence-electron chi connectivity index (χ0n) is 9.57. The Morgan fingerprint density at radius 3 is 2.50 bits per heavy atom. The van der Waals surface area contributed by atoms with Crippen LogP contribution in [0, 0.1) is 0 Å². The van der Waals surface area contributed by atoms with Gasteiger partial charge in [0.05, 0.1) is 0 Å². The molecule has 0 amide bonds. The molecule has 0 fully saturated rings. The van der Waals surface area contributed by atoms with Gasteiger partial charge in [-0.2, -0.15) is 0 Å². The minimum Gasteiger partial charge on any atom is -0.475 e. The van der Waals surface area contributed by atoms with Crippen molar-refractivity contribution in [1.29, 1.82) is 0 Å². The van der Waals surface area contributed by atoms with Gasteiger partial charge in [-0.05, 0) is 23.1 Å². The fourth-order valence-corrected chi connectivity index (χ4v) is 1.60. The van der Waals surface area contributed by atoms with Gasteiger partial charge < -0.3 is 9.52 Å². The molecule has 0 spiro atoms. The second-order valence-corrected chi connectivity index (χ2v) is 4.92. The molecule has 0 radical (unpaired) electrons. The van der Waals surface area contributed by atoms with Gasteiger partial charge in [0.15, 0.2) is 0 Å². The molecule has 1 aromatic heterocycles. The van der Waals surface area contributed by atoms with E-state index < -0.39 is 5.97 Å². The Labute approximate surface area is 93.7 Å². The first-order chi connectivity index (χ1) is 7.38. The molecule has 2 rings (SSSR count). The first-order valence-corrected chi connectivity index (χ1v) is 5.15. The third-order valence-electron chi connectivity index (χ3n) is 2.60. The zero-order chi connectivity index (χ0) is 11.9. The molecular weight excluding hydrogens is 204 g/mol. The number of carboxylic acids is 1. The maximum Gasteiger partial charge on any atom is 0.371 e. The highest BCUT2D eigenvalue weighted by atomic mass is 16.4. The van der Waals surface area contributed by atoms with Crippen molar-refractivity contribution in [3.05, 3.63) is 35.6 Å². The summed E-state index contributed by atoms with van der Waals surface area (Å²) >= 11 is 0. The van der Waals surface area contributed by atoms with Crippen molar-refractivity contribution >= 4 is 16.9 Å². The van der Waals surface area contributed by atoms with E-state index in [0.717, 1.165) is 10.9 Å². The molecule has 0 aliphatic rings. The standard InChI is InChI=1S/C13H14O3/c1-13(2,3)9-5-4-8-6-11(12(14)15)16-10(8)7-9/h4-7H,1-3H3,(H,14,15). The molecule has 0 saturated carbocycles. The molecular formula is C13H14O3. The van der Waals surface area contributed by atoms with Crippen LogP contribution >= 0.6 is 0 Å². The van der Waals surface area contributed by atoms with Crippen LogP contribution < -0.4 is 0 Å². The van der Waals surface area contributed by atoms with Crippen LogP contribution in [0.4, 0.5) is 0 Å². The van der Waals surface area contributed by atoms with Gasteiger partial charge >= 0.3 is 5.97 Å². The van der Waals surface area contributed by atoms with Crippen LogP contribution in [0.5, 0.6) is 0 Å². The van der Waals surface area contributed by atoms with E-state index in [1.54, 1.807) is 6.07 Å². The molecule has 0 unspecified atom stereocenters. The highest BCUT2D eigenvalue weighted by molar-refractivity contribution is 5.91. The molecule has 0 atom stereocenters. The molecule has 84 valence electrons. The van der Waals surface area contributed by atoms with Crippen molar-refractivity contribution in [2.24, 2.45) is 0 Å². The van der Waals surface area contributed by atoms with Crippen molar-refractivity contribution in [2.75, 3.05) is 0 Å². The lowest BCUT2D eigenvalue weighted by Gasteiger charge is -2.18. The molecule has 1 heterocycles. The number of carbonyl (C=O) groups is 1. The summed E-state index contributed by atoms with van der Waals surface area (Å²) in [4.78, 5) is 10.8. The average molecular weight is 218 g/mol. The summed E-state index contributed by atoms with van der Waals surface area (Å²) < 4.78 is 5.27. The van der Waals surface area contributed by atoms with Gasteiger partial charge in [-0.3, -0.25) is 0 Å². The number of rotatable bonds is 1. The molecule has 0 saturated heterocycles. The van der Waals surface area contributed by atoms with Crippen molar-refractivity contribution in [2.45, 2.75) is 26.2 Å². The number of aromatic carboxylic acids is 1.